The number of ether oxygens (including phenoxy) is 1. The first-order valence-corrected chi connectivity index (χ1v) is 6.90. The fourth-order valence-electron chi connectivity index (χ4n) is 2.05. The van der Waals surface area contributed by atoms with Gasteiger partial charge in [0, 0.05) is 17.9 Å². The minimum absolute atomic E-state index is 0.242. The van der Waals surface area contributed by atoms with Crippen molar-refractivity contribution in [3.05, 3.63) is 16.1 Å². The monoisotopic (exact) mass is 240 g/mol. The molecule has 1 aromatic rings. The van der Waals surface area contributed by atoms with E-state index in [-0.39, 0.29) is 5.54 Å². The van der Waals surface area contributed by atoms with Gasteiger partial charge >= 0.3 is 0 Å². The first kappa shape index (κ1) is 12.0. The molecule has 16 heavy (non-hydrogen) atoms. The van der Waals surface area contributed by atoms with Crippen molar-refractivity contribution in [2.24, 2.45) is 5.73 Å². The van der Waals surface area contributed by atoms with Crippen LogP contribution in [0.2, 0.25) is 0 Å². The fraction of sp³-hybridized carbons (Fsp3) is 0.750. The lowest BCUT2D eigenvalue weighted by Gasteiger charge is -2.24. The second-order valence-electron chi connectivity index (χ2n) is 4.49. The Morgan fingerprint density at radius 1 is 1.56 bits per heavy atom. The molecule has 0 spiro atoms. The summed E-state index contributed by atoms with van der Waals surface area (Å²) in [6.45, 7) is 5.94. The molecule has 2 N–H and O–H groups in total. The minimum atomic E-state index is -0.242. The maximum Gasteiger partial charge on any atom is 0.0984 e. The van der Waals surface area contributed by atoms with Crippen LogP contribution in [0.5, 0.6) is 0 Å². The molecule has 1 fully saturated rings. The molecule has 1 saturated heterocycles. The lowest BCUT2D eigenvalue weighted by atomic mass is 9.91. The second kappa shape index (κ2) is 4.82. The average Bonchev–Trinajstić information content (AvgIpc) is 2.97. The highest BCUT2D eigenvalue weighted by Gasteiger charge is 2.28. The van der Waals surface area contributed by atoms with Crippen LogP contribution in [0.3, 0.4) is 0 Å². The number of nitrogens with zero attached hydrogens (tertiary/aromatic N) is 1. The van der Waals surface area contributed by atoms with Gasteiger partial charge in [0.2, 0.25) is 0 Å². The van der Waals surface area contributed by atoms with Gasteiger partial charge in [-0.05, 0) is 19.3 Å². The second-order valence-corrected chi connectivity index (χ2v) is 5.38. The van der Waals surface area contributed by atoms with Gasteiger partial charge in [0.1, 0.15) is 0 Å². The van der Waals surface area contributed by atoms with Gasteiger partial charge in [-0.1, -0.05) is 13.8 Å². The largest absolute Gasteiger partial charge is 0.381 e. The van der Waals surface area contributed by atoms with E-state index in [1.807, 2.05) is 0 Å². The molecule has 0 radical (unpaired) electrons. The zero-order valence-corrected chi connectivity index (χ0v) is 10.8. The molecule has 1 aromatic heterocycles. The zero-order valence-electron chi connectivity index (χ0n) is 10.0. The quantitative estimate of drug-likeness (QED) is 0.880. The van der Waals surface area contributed by atoms with E-state index < -0.39 is 0 Å². The number of aromatic nitrogens is 1. The Labute approximate surface area is 101 Å². The number of hydrogen-bond donors (Lipinski definition) is 1. The van der Waals surface area contributed by atoms with E-state index in [4.69, 9.17) is 15.5 Å². The molecule has 1 atom stereocenters. The maximum absolute atomic E-state index is 6.34. The molecule has 0 bridgehead atoms. The van der Waals surface area contributed by atoms with E-state index >= 15 is 0 Å². The number of thiazole rings is 1. The molecule has 0 saturated carbocycles. The van der Waals surface area contributed by atoms with Crippen LogP contribution >= 0.6 is 11.3 Å². The number of nitrogens with two attached hydrogens (primary N) is 1. The molecule has 0 aliphatic carbocycles. The lowest BCUT2D eigenvalue weighted by Crippen LogP contribution is -2.35. The maximum atomic E-state index is 6.34. The molecule has 0 amide bonds. The molecular formula is C12H20N2OS. The Morgan fingerprint density at radius 2 is 2.31 bits per heavy atom. The molecule has 90 valence electrons. The van der Waals surface area contributed by atoms with Crippen LogP contribution < -0.4 is 5.73 Å². The highest BCUT2D eigenvalue weighted by molar-refractivity contribution is 7.09. The van der Waals surface area contributed by atoms with Crippen LogP contribution in [0.4, 0.5) is 0 Å². The Bertz CT molecular complexity index is 341. The zero-order chi connectivity index (χ0) is 11.6. The Morgan fingerprint density at radius 3 is 2.88 bits per heavy atom. The molecule has 1 aliphatic rings. The molecular weight excluding hydrogens is 220 g/mol. The summed E-state index contributed by atoms with van der Waals surface area (Å²) in [4.78, 5) is 4.72. The summed E-state index contributed by atoms with van der Waals surface area (Å²) < 4.78 is 5.39. The lowest BCUT2D eigenvalue weighted by molar-refractivity contribution is 0.194. The van der Waals surface area contributed by atoms with E-state index in [1.54, 1.807) is 11.3 Å². The van der Waals surface area contributed by atoms with Gasteiger partial charge < -0.3 is 10.5 Å². The molecule has 2 rings (SSSR count). The molecule has 4 heteroatoms. The fourth-order valence-corrected chi connectivity index (χ4v) is 3.09. The van der Waals surface area contributed by atoms with Crippen molar-refractivity contribution >= 4 is 11.3 Å². The number of rotatable bonds is 4. The van der Waals surface area contributed by atoms with Crippen molar-refractivity contribution in [2.75, 3.05) is 13.2 Å². The van der Waals surface area contributed by atoms with E-state index in [9.17, 15) is 0 Å². The van der Waals surface area contributed by atoms with E-state index in [1.165, 1.54) is 5.01 Å². The Balaban J connectivity index is 2.17. The summed E-state index contributed by atoms with van der Waals surface area (Å²) in [7, 11) is 0. The van der Waals surface area contributed by atoms with Crippen LogP contribution in [0.25, 0.3) is 0 Å². The topological polar surface area (TPSA) is 48.1 Å². The van der Waals surface area contributed by atoms with Crippen molar-refractivity contribution in [3.8, 4) is 0 Å². The molecule has 0 aromatic carbocycles. The van der Waals surface area contributed by atoms with Crippen molar-refractivity contribution < 1.29 is 4.74 Å². The molecule has 1 aliphatic heterocycles. The van der Waals surface area contributed by atoms with E-state index in [0.29, 0.717) is 5.92 Å². The van der Waals surface area contributed by atoms with Crippen molar-refractivity contribution in [2.45, 2.75) is 44.6 Å². The van der Waals surface area contributed by atoms with Gasteiger partial charge in [-0.2, -0.15) is 0 Å². The average molecular weight is 240 g/mol. The summed E-state index contributed by atoms with van der Waals surface area (Å²) in [5.41, 5.74) is 7.16. The Hall–Kier alpha value is -0.450. The van der Waals surface area contributed by atoms with E-state index in [0.717, 1.165) is 38.2 Å². The van der Waals surface area contributed by atoms with Crippen molar-refractivity contribution in [1.82, 2.24) is 4.98 Å². The SMILES string of the molecule is CCC(N)(CC)c1csc(C2CCOC2)n1. The van der Waals surface area contributed by atoms with Crippen LogP contribution in [0.1, 0.15) is 49.7 Å². The van der Waals surface area contributed by atoms with Crippen LogP contribution in [0, 0.1) is 0 Å². The third kappa shape index (κ3) is 2.14. The van der Waals surface area contributed by atoms with E-state index in [2.05, 4.69) is 19.2 Å². The summed E-state index contributed by atoms with van der Waals surface area (Å²) in [6, 6.07) is 0. The van der Waals surface area contributed by atoms with Gasteiger partial charge in [-0.15, -0.1) is 11.3 Å². The third-order valence-electron chi connectivity index (χ3n) is 3.57. The highest BCUT2D eigenvalue weighted by Crippen LogP contribution is 2.32. The predicted molar refractivity (Wildman–Crippen MR) is 66.7 cm³/mol. The normalized spacial score (nSPS) is 21.6. The Kier molecular flexibility index (Phi) is 3.62. The minimum Gasteiger partial charge on any atom is -0.381 e. The van der Waals surface area contributed by atoms with Crippen molar-refractivity contribution in [3.63, 3.8) is 0 Å². The van der Waals surface area contributed by atoms with Gasteiger partial charge in [-0.25, -0.2) is 4.98 Å². The standard InChI is InChI=1S/C12H20N2OS/c1-3-12(13,4-2)10-8-16-11(14-10)9-5-6-15-7-9/h8-9H,3-7,13H2,1-2H3. The van der Waals surface area contributed by atoms with Gasteiger partial charge in [-0.3, -0.25) is 0 Å². The van der Waals surface area contributed by atoms with Crippen LogP contribution in [0.15, 0.2) is 5.38 Å². The molecule has 2 heterocycles. The first-order chi connectivity index (χ1) is 7.69. The summed E-state index contributed by atoms with van der Waals surface area (Å²) in [5.74, 6) is 0.497. The van der Waals surface area contributed by atoms with Gasteiger partial charge in [0.05, 0.1) is 22.8 Å². The molecule has 3 nitrogen and oxygen atoms in total. The predicted octanol–water partition coefficient (Wildman–Crippen LogP) is 2.62. The van der Waals surface area contributed by atoms with Gasteiger partial charge in [0.25, 0.3) is 0 Å². The first-order valence-electron chi connectivity index (χ1n) is 6.02. The smallest absolute Gasteiger partial charge is 0.0984 e. The molecule has 1 unspecified atom stereocenters. The third-order valence-corrected chi connectivity index (χ3v) is 4.58. The summed E-state index contributed by atoms with van der Waals surface area (Å²) in [6.07, 6.45) is 2.98. The van der Waals surface area contributed by atoms with Crippen LogP contribution in [-0.4, -0.2) is 18.2 Å². The van der Waals surface area contributed by atoms with Crippen molar-refractivity contribution in [1.29, 1.82) is 0 Å². The highest BCUT2D eigenvalue weighted by atomic mass is 32.1. The van der Waals surface area contributed by atoms with Crippen LogP contribution in [-0.2, 0) is 10.3 Å². The number of hydrogen-bond acceptors (Lipinski definition) is 4. The summed E-state index contributed by atoms with van der Waals surface area (Å²) in [5, 5.41) is 3.32. The summed E-state index contributed by atoms with van der Waals surface area (Å²) >= 11 is 1.73. The van der Waals surface area contributed by atoms with Gasteiger partial charge in [0.15, 0.2) is 0 Å².